The van der Waals surface area contributed by atoms with E-state index < -0.39 is 0 Å². The second-order valence-electron chi connectivity index (χ2n) is 8.37. The van der Waals surface area contributed by atoms with Crippen molar-refractivity contribution in [2.75, 3.05) is 6.54 Å². The van der Waals surface area contributed by atoms with Gasteiger partial charge in [0.05, 0.1) is 10.9 Å². The molecule has 1 aromatic carbocycles. The Balaban J connectivity index is 1.73. The molecule has 1 aromatic heterocycles. The lowest BCUT2D eigenvalue weighted by Crippen LogP contribution is -2.33. The first-order valence-corrected chi connectivity index (χ1v) is 10.5. The van der Waals surface area contributed by atoms with Crippen LogP contribution in [0, 0.1) is 11.8 Å². The maximum Gasteiger partial charge on any atom is 0.261 e. The Hall–Kier alpha value is -1.68. The Kier molecular flexibility index (Phi) is 5.39. The first kappa shape index (κ1) is 17.7. The number of para-hydroxylation sites is 1. The number of rotatable bonds is 4. The second kappa shape index (κ2) is 7.91. The Morgan fingerprint density at radius 2 is 1.77 bits per heavy atom. The molecule has 2 fully saturated rings. The molecule has 140 valence electrons. The lowest BCUT2D eigenvalue weighted by atomic mass is 9.81. The summed E-state index contributed by atoms with van der Waals surface area (Å²) in [7, 11) is 0. The van der Waals surface area contributed by atoms with Gasteiger partial charge in [0.1, 0.15) is 5.82 Å². The Bertz CT molecular complexity index is 807. The molecule has 1 heterocycles. The van der Waals surface area contributed by atoms with Gasteiger partial charge in [0.15, 0.2) is 0 Å². The van der Waals surface area contributed by atoms with Crippen LogP contribution >= 0.6 is 0 Å². The molecule has 0 radical (unpaired) electrons. The van der Waals surface area contributed by atoms with Gasteiger partial charge >= 0.3 is 0 Å². The highest BCUT2D eigenvalue weighted by Gasteiger charge is 2.26. The summed E-state index contributed by atoms with van der Waals surface area (Å²) in [6.45, 7) is 1.59. The highest BCUT2D eigenvalue weighted by Crippen LogP contribution is 2.34. The molecule has 0 saturated heterocycles. The smallest absolute Gasteiger partial charge is 0.261 e. The molecule has 0 bridgehead atoms. The number of benzene rings is 1. The Morgan fingerprint density at radius 1 is 1.00 bits per heavy atom. The minimum atomic E-state index is 0.158. The molecule has 0 spiro atoms. The van der Waals surface area contributed by atoms with Gasteiger partial charge in [-0.1, -0.05) is 37.8 Å². The van der Waals surface area contributed by atoms with Gasteiger partial charge in [-0.15, -0.1) is 0 Å². The molecular weight excluding hydrogens is 322 g/mol. The second-order valence-corrected chi connectivity index (χ2v) is 8.37. The van der Waals surface area contributed by atoms with E-state index in [1.54, 1.807) is 0 Å². The molecule has 2 atom stereocenters. The number of nitrogens with two attached hydrogens (primary N) is 1. The number of hydrogen-bond acceptors (Lipinski definition) is 3. The van der Waals surface area contributed by atoms with Crippen molar-refractivity contribution in [2.24, 2.45) is 17.6 Å². The molecule has 4 nitrogen and oxygen atoms in total. The van der Waals surface area contributed by atoms with E-state index in [9.17, 15) is 4.79 Å². The van der Waals surface area contributed by atoms with Crippen LogP contribution < -0.4 is 11.3 Å². The SMILES string of the molecule is NCC1CCCC(Cn2c(C3CCCCC3)nc3ccccc3c2=O)C1. The third-order valence-corrected chi connectivity index (χ3v) is 6.53. The van der Waals surface area contributed by atoms with Crippen LogP contribution in [0.3, 0.4) is 0 Å². The summed E-state index contributed by atoms with van der Waals surface area (Å²) in [6, 6.07) is 7.84. The first-order valence-electron chi connectivity index (χ1n) is 10.5. The summed E-state index contributed by atoms with van der Waals surface area (Å²) >= 11 is 0. The zero-order chi connectivity index (χ0) is 17.9. The van der Waals surface area contributed by atoms with Gasteiger partial charge < -0.3 is 5.73 Å². The fourth-order valence-electron chi connectivity index (χ4n) is 5.07. The summed E-state index contributed by atoms with van der Waals surface area (Å²) in [5, 5.41) is 0.762. The standard InChI is InChI=1S/C22H31N3O/c23-14-16-7-6-8-17(13-16)15-25-21(18-9-2-1-3-10-18)24-20-12-5-4-11-19(20)22(25)26/h4-5,11-12,16-18H,1-3,6-10,13-15,23H2. The zero-order valence-corrected chi connectivity index (χ0v) is 15.7. The fourth-order valence-corrected chi connectivity index (χ4v) is 5.07. The lowest BCUT2D eigenvalue weighted by molar-refractivity contribution is 0.241. The third-order valence-electron chi connectivity index (χ3n) is 6.53. The molecular formula is C22H31N3O. The van der Waals surface area contributed by atoms with Crippen LogP contribution in [-0.4, -0.2) is 16.1 Å². The van der Waals surface area contributed by atoms with Gasteiger partial charge in [0, 0.05) is 12.5 Å². The van der Waals surface area contributed by atoms with Crippen LogP contribution in [0.1, 0.15) is 69.5 Å². The zero-order valence-electron chi connectivity index (χ0n) is 15.7. The molecule has 0 amide bonds. The van der Waals surface area contributed by atoms with E-state index in [4.69, 9.17) is 10.7 Å². The average Bonchev–Trinajstić information content (AvgIpc) is 2.71. The van der Waals surface area contributed by atoms with Crippen molar-refractivity contribution in [3.63, 3.8) is 0 Å². The fraction of sp³-hybridized carbons (Fsp3) is 0.636. The van der Waals surface area contributed by atoms with E-state index in [0.717, 1.165) is 36.2 Å². The van der Waals surface area contributed by atoms with E-state index in [1.807, 2.05) is 28.8 Å². The van der Waals surface area contributed by atoms with Gasteiger partial charge in [-0.2, -0.15) is 0 Å². The largest absolute Gasteiger partial charge is 0.330 e. The van der Waals surface area contributed by atoms with Crippen LogP contribution in [0.2, 0.25) is 0 Å². The molecule has 2 aliphatic carbocycles. The van der Waals surface area contributed by atoms with Crippen molar-refractivity contribution in [2.45, 2.75) is 70.3 Å². The van der Waals surface area contributed by atoms with Crippen molar-refractivity contribution in [3.8, 4) is 0 Å². The van der Waals surface area contributed by atoms with E-state index >= 15 is 0 Å². The predicted octanol–water partition coefficient (Wildman–Crippen LogP) is 4.21. The molecule has 2 N–H and O–H groups in total. The van der Waals surface area contributed by atoms with Crippen LogP contribution in [0.5, 0.6) is 0 Å². The van der Waals surface area contributed by atoms with Crippen molar-refractivity contribution in [1.82, 2.24) is 9.55 Å². The van der Waals surface area contributed by atoms with Gasteiger partial charge in [-0.3, -0.25) is 9.36 Å². The number of hydrogen-bond donors (Lipinski definition) is 1. The average molecular weight is 354 g/mol. The maximum absolute atomic E-state index is 13.3. The molecule has 2 unspecified atom stereocenters. The number of nitrogens with zero attached hydrogens (tertiary/aromatic N) is 2. The van der Waals surface area contributed by atoms with Gasteiger partial charge in [0.2, 0.25) is 0 Å². The minimum Gasteiger partial charge on any atom is -0.330 e. The van der Waals surface area contributed by atoms with Crippen molar-refractivity contribution in [3.05, 3.63) is 40.4 Å². The monoisotopic (exact) mass is 353 g/mol. The minimum absolute atomic E-state index is 0.158. The number of aromatic nitrogens is 2. The molecule has 2 saturated carbocycles. The normalized spacial score (nSPS) is 24.8. The summed E-state index contributed by atoms with van der Waals surface area (Å²) in [6.07, 6.45) is 11.0. The Labute approximate surface area is 155 Å². The molecule has 2 aliphatic rings. The molecule has 0 aliphatic heterocycles. The van der Waals surface area contributed by atoms with E-state index in [-0.39, 0.29) is 5.56 Å². The maximum atomic E-state index is 13.3. The van der Waals surface area contributed by atoms with Crippen LogP contribution in [0.15, 0.2) is 29.1 Å². The molecule has 4 heteroatoms. The van der Waals surface area contributed by atoms with Crippen molar-refractivity contribution >= 4 is 10.9 Å². The summed E-state index contributed by atoms with van der Waals surface area (Å²) in [4.78, 5) is 18.3. The molecule has 26 heavy (non-hydrogen) atoms. The summed E-state index contributed by atoms with van der Waals surface area (Å²) < 4.78 is 2.04. The van der Waals surface area contributed by atoms with Crippen molar-refractivity contribution < 1.29 is 0 Å². The van der Waals surface area contributed by atoms with Gasteiger partial charge in [0.25, 0.3) is 5.56 Å². The quantitative estimate of drug-likeness (QED) is 0.895. The summed E-state index contributed by atoms with van der Waals surface area (Å²) in [5.41, 5.74) is 6.95. The van der Waals surface area contributed by atoms with Crippen LogP contribution in [0.25, 0.3) is 10.9 Å². The van der Waals surface area contributed by atoms with E-state index in [2.05, 4.69) is 0 Å². The molecule has 2 aromatic rings. The van der Waals surface area contributed by atoms with Crippen molar-refractivity contribution in [1.29, 1.82) is 0 Å². The summed E-state index contributed by atoms with van der Waals surface area (Å²) in [5.74, 6) is 2.66. The van der Waals surface area contributed by atoms with E-state index in [1.165, 1.54) is 51.4 Å². The highest BCUT2D eigenvalue weighted by molar-refractivity contribution is 5.77. The highest BCUT2D eigenvalue weighted by atomic mass is 16.1. The first-order chi connectivity index (χ1) is 12.8. The topological polar surface area (TPSA) is 60.9 Å². The third kappa shape index (κ3) is 3.57. The molecule has 4 rings (SSSR count). The van der Waals surface area contributed by atoms with Crippen LogP contribution in [-0.2, 0) is 6.54 Å². The number of fused-ring (bicyclic) bond motifs is 1. The van der Waals surface area contributed by atoms with E-state index in [0.29, 0.717) is 17.8 Å². The van der Waals surface area contributed by atoms with Gasteiger partial charge in [-0.05, 0) is 62.6 Å². The lowest BCUT2D eigenvalue weighted by Gasteiger charge is -2.31. The predicted molar refractivity (Wildman–Crippen MR) is 106 cm³/mol. The van der Waals surface area contributed by atoms with Gasteiger partial charge in [-0.25, -0.2) is 4.98 Å². The van der Waals surface area contributed by atoms with Crippen LogP contribution in [0.4, 0.5) is 0 Å². The Morgan fingerprint density at radius 3 is 2.58 bits per heavy atom.